The Balaban J connectivity index is 3.03. The molecule has 0 aliphatic carbocycles. The van der Waals surface area contributed by atoms with Gasteiger partial charge in [0, 0.05) is 0 Å². The van der Waals surface area contributed by atoms with Crippen molar-refractivity contribution in [2.45, 2.75) is 0 Å². The molecule has 1 aromatic rings. The third-order valence-corrected chi connectivity index (χ3v) is 1.75. The van der Waals surface area contributed by atoms with Crippen molar-refractivity contribution in [2.24, 2.45) is 0 Å². The second-order valence-electron chi connectivity index (χ2n) is 2.62. The fourth-order valence-corrected chi connectivity index (χ4v) is 1.08. The van der Waals surface area contributed by atoms with Gasteiger partial charge < -0.3 is 9.47 Å². The summed E-state index contributed by atoms with van der Waals surface area (Å²) in [5, 5.41) is 0. The zero-order chi connectivity index (χ0) is 10.4. The number of benzene rings is 1. The lowest BCUT2D eigenvalue weighted by molar-refractivity contribution is 0.0600. The molecule has 0 atom stereocenters. The number of esters is 1. The molecule has 0 radical (unpaired) electrons. The molecule has 0 spiro atoms. The lowest BCUT2D eigenvalue weighted by atomic mass is 10.1. The Kier molecular flexibility index (Phi) is 3.73. The van der Waals surface area contributed by atoms with Crippen LogP contribution in [0.2, 0.25) is 0 Å². The number of hydrogen-bond acceptors (Lipinski definition) is 3. The lowest BCUT2D eigenvalue weighted by Crippen LogP contribution is -2.03. The van der Waals surface area contributed by atoms with Gasteiger partial charge in [-0.3, -0.25) is 0 Å². The molecule has 0 saturated carbocycles. The minimum absolute atomic E-state index is 0.346. The van der Waals surface area contributed by atoms with E-state index in [0.717, 1.165) is 5.56 Å². The molecule has 0 aliphatic rings. The normalized spacial score (nSPS) is 10.1. The molecule has 3 nitrogen and oxygen atoms in total. The van der Waals surface area contributed by atoms with Crippen molar-refractivity contribution >= 4 is 12.0 Å². The maximum atomic E-state index is 11.3. The number of methoxy groups -OCH3 is 2. The van der Waals surface area contributed by atoms with E-state index in [1.165, 1.54) is 13.4 Å². The predicted octanol–water partition coefficient (Wildman–Crippen LogP) is 2.09. The molecule has 0 unspecified atom stereocenters. The molecule has 1 rings (SSSR count). The summed E-state index contributed by atoms with van der Waals surface area (Å²) in [6.45, 7) is 0. The Morgan fingerprint density at radius 2 is 2.00 bits per heavy atom. The number of carbonyl (C=O) groups excluding carboxylic acids is 1. The molecule has 0 saturated heterocycles. The first-order valence-corrected chi connectivity index (χ1v) is 4.16. The van der Waals surface area contributed by atoms with E-state index in [-0.39, 0.29) is 5.97 Å². The molecule has 14 heavy (non-hydrogen) atoms. The van der Waals surface area contributed by atoms with E-state index in [2.05, 4.69) is 4.74 Å². The Labute approximate surface area is 83.0 Å². The highest BCUT2D eigenvalue weighted by Gasteiger charge is 2.07. The summed E-state index contributed by atoms with van der Waals surface area (Å²) in [4.78, 5) is 11.3. The highest BCUT2D eigenvalue weighted by molar-refractivity contribution is 5.93. The summed E-state index contributed by atoms with van der Waals surface area (Å²) in [6.07, 6.45) is 3.23. The average Bonchev–Trinajstić information content (AvgIpc) is 2.25. The van der Waals surface area contributed by atoms with Gasteiger partial charge in [-0.05, 0) is 17.7 Å². The quantitative estimate of drug-likeness (QED) is 0.543. The van der Waals surface area contributed by atoms with Gasteiger partial charge in [0.2, 0.25) is 0 Å². The first-order chi connectivity index (χ1) is 6.79. The van der Waals surface area contributed by atoms with Gasteiger partial charge >= 0.3 is 5.97 Å². The Morgan fingerprint density at radius 1 is 1.29 bits per heavy atom. The first-order valence-electron chi connectivity index (χ1n) is 4.16. The number of hydrogen-bond donors (Lipinski definition) is 0. The summed E-state index contributed by atoms with van der Waals surface area (Å²) < 4.78 is 9.42. The van der Waals surface area contributed by atoms with Crippen molar-refractivity contribution in [1.29, 1.82) is 0 Å². The van der Waals surface area contributed by atoms with E-state index in [0.29, 0.717) is 5.56 Å². The molecule has 0 N–H and O–H groups in total. The maximum Gasteiger partial charge on any atom is 0.338 e. The van der Waals surface area contributed by atoms with Crippen molar-refractivity contribution in [3.63, 3.8) is 0 Å². The van der Waals surface area contributed by atoms with Gasteiger partial charge in [-0.2, -0.15) is 0 Å². The van der Waals surface area contributed by atoms with Crippen molar-refractivity contribution < 1.29 is 14.3 Å². The largest absolute Gasteiger partial charge is 0.504 e. The SMILES string of the molecule is CO/C=C\c1ccccc1C(=O)OC. The Hall–Kier alpha value is -1.77. The Morgan fingerprint density at radius 3 is 2.64 bits per heavy atom. The van der Waals surface area contributed by atoms with Crippen LogP contribution >= 0.6 is 0 Å². The molecule has 74 valence electrons. The topological polar surface area (TPSA) is 35.5 Å². The number of rotatable bonds is 3. The molecule has 0 fully saturated rings. The molecule has 0 bridgehead atoms. The summed E-state index contributed by atoms with van der Waals surface area (Å²) >= 11 is 0. The fourth-order valence-electron chi connectivity index (χ4n) is 1.08. The molecule has 0 amide bonds. The summed E-state index contributed by atoms with van der Waals surface area (Å²) in [5.74, 6) is -0.346. The van der Waals surface area contributed by atoms with Crippen LogP contribution in [0.4, 0.5) is 0 Å². The van der Waals surface area contributed by atoms with Crippen LogP contribution in [-0.2, 0) is 9.47 Å². The van der Waals surface area contributed by atoms with E-state index in [1.807, 2.05) is 12.1 Å². The fraction of sp³-hybridized carbons (Fsp3) is 0.182. The van der Waals surface area contributed by atoms with Crippen LogP contribution in [0.25, 0.3) is 6.08 Å². The zero-order valence-electron chi connectivity index (χ0n) is 8.19. The first kappa shape index (κ1) is 10.3. The van der Waals surface area contributed by atoms with Crippen LogP contribution in [0.15, 0.2) is 30.5 Å². The third-order valence-electron chi connectivity index (χ3n) is 1.75. The van der Waals surface area contributed by atoms with Crippen molar-refractivity contribution in [1.82, 2.24) is 0 Å². The standard InChI is InChI=1S/C11H12O3/c1-13-8-7-9-5-3-4-6-10(9)11(12)14-2/h3-8H,1-2H3/b8-7-. The number of carbonyl (C=O) groups is 1. The average molecular weight is 192 g/mol. The van der Waals surface area contributed by atoms with Gasteiger partial charge in [0.05, 0.1) is 26.0 Å². The molecule has 0 aromatic heterocycles. The number of ether oxygens (including phenoxy) is 2. The maximum absolute atomic E-state index is 11.3. The van der Waals surface area contributed by atoms with Crippen LogP contribution in [0.5, 0.6) is 0 Å². The van der Waals surface area contributed by atoms with Gasteiger partial charge in [0.1, 0.15) is 0 Å². The summed E-state index contributed by atoms with van der Waals surface area (Å²) in [7, 11) is 2.91. The van der Waals surface area contributed by atoms with Crippen LogP contribution in [0, 0.1) is 0 Å². The molecule has 0 aliphatic heterocycles. The van der Waals surface area contributed by atoms with E-state index in [4.69, 9.17) is 4.74 Å². The van der Waals surface area contributed by atoms with Gasteiger partial charge in [-0.25, -0.2) is 4.79 Å². The van der Waals surface area contributed by atoms with Crippen LogP contribution in [0.1, 0.15) is 15.9 Å². The minimum Gasteiger partial charge on any atom is -0.504 e. The monoisotopic (exact) mass is 192 g/mol. The van der Waals surface area contributed by atoms with Crippen LogP contribution < -0.4 is 0 Å². The Bertz CT molecular complexity index is 342. The third kappa shape index (κ3) is 2.36. The smallest absolute Gasteiger partial charge is 0.338 e. The van der Waals surface area contributed by atoms with Crippen LogP contribution in [-0.4, -0.2) is 20.2 Å². The zero-order valence-corrected chi connectivity index (χ0v) is 8.19. The van der Waals surface area contributed by atoms with Gasteiger partial charge in [-0.15, -0.1) is 0 Å². The van der Waals surface area contributed by atoms with Crippen LogP contribution in [0.3, 0.4) is 0 Å². The van der Waals surface area contributed by atoms with Gasteiger partial charge in [-0.1, -0.05) is 18.2 Å². The van der Waals surface area contributed by atoms with E-state index < -0.39 is 0 Å². The highest BCUT2D eigenvalue weighted by Crippen LogP contribution is 2.11. The van der Waals surface area contributed by atoms with E-state index >= 15 is 0 Å². The lowest BCUT2D eigenvalue weighted by Gasteiger charge is -2.02. The van der Waals surface area contributed by atoms with Gasteiger partial charge in [0.15, 0.2) is 0 Å². The summed E-state index contributed by atoms with van der Waals surface area (Å²) in [5.41, 5.74) is 1.31. The second kappa shape index (κ2) is 5.07. The van der Waals surface area contributed by atoms with E-state index in [1.54, 1.807) is 25.3 Å². The molecular formula is C11H12O3. The van der Waals surface area contributed by atoms with Crippen molar-refractivity contribution in [3.8, 4) is 0 Å². The minimum atomic E-state index is -0.346. The van der Waals surface area contributed by atoms with E-state index in [9.17, 15) is 4.79 Å². The summed E-state index contributed by atoms with van der Waals surface area (Å²) in [6, 6.07) is 7.17. The predicted molar refractivity (Wildman–Crippen MR) is 53.8 cm³/mol. The van der Waals surface area contributed by atoms with Gasteiger partial charge in [0.25, 0.3) is 0 Å². The molecule has 1 aromatic carbocycles. The highest BCUT2D eigenvalue weighted by atomic mass is 16.5. The van der Waals surface area contributed by atoms with Crippen molar-refractivity contribution in [3.05, 3.63) is 41.7 Å². The molecule has 0 heterocycles. The molecule has 3 heteroatoms. The molecular weight excluding hydrogens is 180 g/mol. The van der Waals surface area contributed by atoms with Crippen molar-refractivity contribution in [2.75, 3.05) is 14.2 Å². The second-order valence-corrected chi connectivity index (χ2v) is 2.62.